The number of fused-ring (bicyclic) bond motifs is 3. The predicted molar refractivity (Wildman–Crippen MR) is 104 cm³/mol. The first-order valence-electron chi connectivity index (χ1n) is 9.47. The first kappa shape index (κ1) is 17.0. The largest absolute Gasteiger partial charge is 0.481 e. The topological polar surface area (TPSA) is 30.5 Å². The van der Waals surface area contributed by atoms with Gasteiger partial charge < -0.3 is 14.8 Å². The Morgan fingerprint density at radius 1 is 1.23 bits per heavy atom. The van der Waals surface area contributed by atoms with Crippen molar-refractivity contribution in [3.05, 3.63) is 59.2 Å². The van der Waals surface area contributed by atoms with E-state index in [0.29, 0.717) is 12.5 Å². The summed E-state index contributed by atoms with van der Waals surface area (Å²) in [5, 5.41) is 3.77. The van der Waals surface area contributed by atoms with Crippen molar-refractivity contribution in [2.24, 2.45) is 5.92 Å². The van der Waals surface area contributed by atoms with E-state index in [9.17, 15) is 0 Å². The molecular weight excluding hydrogens is 322 g/mol. The van der Waals surface area contributed by atoms with Crippen molar-refractivity contribution in [1.82, 2.24) is 0 Å². The second kappa shape index (κ2) is 7.43. The van der Waals surface area contributed by atoms with E-state index in [1.165, 1.54) is 28.8 Å². The van der Waals surface area contributed by atoms with E-state index >= 15 is 0 Å². The minimum absolute atomic E-state index is 0.175. The highest BCUT2D eigenvalue weighted by molar-refractivity contribution is 5.58. The summed E-state index contributed by atoms with van der Waals surface area (Å²) in [6.45, 7) is 3.35. The summed E-state index contributed by atoms with van der Waals surface area (Å²) in [7, 11) is 0. The minimum Gasteiger partial charge on any atom is -0.481 e. The van der Waals surface area contributed by atoms with Gasteiger partial charge in [-0.2, -0.15) is 0 Å². The third-order valence-electron chi connectivity index (χ3n) is 5.50. The Bertz CT molecular complexity index is 806. The molecule has 0 spiro atoms. The van der Waals surface area contributed by atoms with Gasteiger partial charge in [-0.3, -0.25) is 0 Å². The van der Waals surface area contributed by atoms with E-state index in [1.807, 2.05) is 12.1 Å². The summed E-state index contributed by atoms with van der Waals surface area (Å²) in [6.07, 6.45) is 8.78. The molecule has 0 aromatic heterocycles. The van der Waals surface area contributed by atoms with Crippen LogP contribution in [-0.4, -0.2) is 13.2 Å². The fourth-order valence-electron chi connectivity index (χ4n) is 4.17. The number of ether oxygens (including phenoxy) is 2. The lowest BCUT2D eigenvalue weighted by atomic mass is 9.77. The fraction of sp³-hybridized carbons (Fsp3) is 0.391. The lowest BCUT2D eigenvalue weighted by Gasteiger charge is -2.43. The van der Waals surface area contributed by atoms with Gasteiger partial charge in [0.2, 0.25) is 0 Å². The van der Waals surface area contributed by atoms with Crippen LogP contribution >= 0.6 is 0 Å². The third kappa shape index (κ3) is 3.18. The van der Waals surface area contributed by atoms with Crippen molar-refractivity contribution < 1.29 is 9.47 Å². The molecule has 26 heavy (non-hydrogen) atoms. The van der Waals surface area contributed by atoms with Crippen LogP contribution in [0.5, 0.6) is 5.75 Å². The van der Waals surface area contributed by atoms with E-state index in [4.69, 9.17) is 15.9 Å². The lowest BCUT2D eigenvalue weighted by molar-refractivity contribution is -0.0381. The Morgan fingerprint density at radius 2 is 2.08 bits per heavy atom. The van der Waals surface area contributed by atoms with Crippen LogP contribution < -0.4 is 10.1 Å². The number of terminal acetylenes is 1. The number of rotatable bonds is 4. The molecule has 1 N–H and O–H groups in total. The van der Waals surface area contributed by atoms with Gasteiger partial charge in [0.05, 0.1) is 12.1 Å². The normalized spacial score (nSPS) is 23.9. The molecule has 3 heteroatoms. The molecule has 0 amide bonds. The molecule has 4 rings (SSSR count). The molecule has 0 saturated carbocycles. The van der Waals surface area contributed by atoms with Crippen molar-refractivity contribution in [3.63, 3.8) is 0 Å². The average molecular weight is 347 g/mol. The molecule has 134 valence electrons. The standard InChI is InChI=1S/C23H25NO2/c1-3-13-25-18-10-8-17(9-11-18)22-19-6-5-14-26-23(19)20-15-16(4-2)7-12-21(20)24-22/h1,7-12,15,19,22-24H,4-6,13-14H2,2H3/t19-,22?,23-/m0/s1. The maximum atomic E-state index is 6.25. The van der Waals surface area contributed by atoms with E-state index < -0.39 is 0 Å². The van der Waals surface area contributed by atoms with Crippen molar-refractivity contribution in [3.8, 4) is 18.1 Å². The molecule has 3 atom stereocenters. The zero-order valence-electron chi connectivity index (χ0n) is 15.2. The molecule has 3 nitrogen and oxygen atoms in total. The van der Waals surface area contributed by atoms with Crippen LogP contribution in [-0.2, 0) is 11.2 Å². The molecule has 2 aliphatic rings. The predicted octanol–water partition coefficient (Wildman–Crippen LogP) is 4.90. The quantitative estimate of drug-likeness (QED) is 0.798. The van der Waals surface area contributed by atoms with E-state index in [-0.39, 0.29) is 12.1 Å². The molecular formula is C23H25NO2. The number of benzene rings is 2. The van der Waals surface area contributed by atoms with Crippen LogP contribution in [0.4, 0.5) is 5.69 Å². The highest BCUT2D eigenvalue weighted by atomic mass is 16.5. The van der Waals surface area contributed by atoms with Crippen LogP contribution in [0.15, 0.2) is 42.5 Å². The van der Waals surface area contributed by atoms with Crippen molar-refractivity contribution in [1.29, 1.82) is 0 Å². The molecule has 0 aliphatic carbocycles. The smallest absolute Gasteiger partial charge is 0.148 e. The molecule has 0 radical (unpaired) electrons. The summed E-state index contributed by atoms with van der Waals surface area (Å²) < 4.78 is 11.8. The van der Waals surface area contributed by atoms with Gasteiger partial charge in [0.15, 0.2) is 0 Å². The maximum Gasteiger partial charge on any atom is 0.148 e. The Balaban J connectivity index is 1.65. The first-order chi connectivity index (χ1) is 12.8. The minimum atomic E-state index is 0.175. The SMILES string of the molecule is C#CCOc1ccc(C2Nc3ccc(CC)cc3[C@H]3OCCC[C@@H]23)cc1. The highest BCUT2D eigenvalue weighted by Crippen LogP contribution is 2.49. The Labute approximate surface area is 155 Å². The number of hydrogen-bond acceptors (Lipinski definition) is 3. The molecule has 2 heterocycles. The zero-order chi connectivity index (χ0) is 17.9. The molecule has 2 aromatic carbocycles. The van der Waals surface area contributed by atoms with Crippen molar-refractivity contribution in [2.45, 2.75) is 38.3 Å². The van der Waals surface area contributed by atoms with Crippen LogP contribution in [0.3, 0.4) is 0 Å². The summed E-state index contributed by atoms with van der Waals surface area (Å²) in [4.78, 5) is 0. The van der Waals surface area contributed by atoms with Crippen LogP contribution in [0, 0.1) is 18.3 Å². The highest BCUT2D eigenvalue weighted by Gasteiger charge is 2.39. The van der Waals surface area contributed by atoms with E-state index in [1.54, 1.807) is 0 Å². The van der Waals surface area contributed by atoms with Crippen molar-refractivity contribution >= 4 is 5.69 Å². The Kier molecular flexibility index (Phi) is 4.86. The van der Waals surface area contributed by atoms with Crippen LogP contribution in [0.1, 0.15) is 48.6 Å². The molecule has 2 aliphatic heterocycles. The Hall–Kier alpha value is -2.44. The summed E-state index contributed by atoms with van der Waals surface area (Å²) in [6, 6.07) is 15.3. The maximum absolute atomic E-state index is 6.25. The number of aryl methyl sites for hydroxylation is 1. The van der Waals surface area contributed by atoms with Gasteiger partial charge in [-0.05, 0) is 48.6 Å². The molecule has 1 unspecified atom stereocenters. The van der Waals surface area contributed by atoms with Crippen LogP contribution in [0.25, 0.3) is 0 Å². The Morgan fingerprint density at radius 3 is 2.85 bits per heavy atom. The molecule has 0 bridgehead atoms. The molecule has 1 saturated heterocycles. The fourth-order valence-corrected chi connectivity index (χ4v) is 4.17. The van der Waals surface area contributed by atoms with Gasteiger partial charge in [0, 0.05) is 23.8 Å². The van der Waals surface area contributed by atoms with Gasteiger partial charge in [-0.15, -0.1) is 6.42 Å². The lowest BCUT2D eigenvalue weighted by Crippen LogP contribution is -2.36. The van der Waals surface area contributed by atoms with Gasteiger partial charge in [0.1, 0.15) is 12.4 Å². The monoisotopic (exact) mass is 347 g/mol. The van der Waals surface area contributed by atoms with Gasteiger partial charge in [-0.1, -0.05) is 37.1 Å². The van der Waals surface area contributed by atoms with E-state index in [0.717, 1.165) is 25.2 Å². The van der Waals surface area contributed by atoms with Crippen LogP contribution in [0.2, 0.25) is 0 Å². The number of hydrogen-bond donors (Lipinski definition) is 1. The first-order valence-corrected chi connectivity index (χ1v) is 9.47. The van der Waals surface area contributed by atoms with Gasteiger partial charge in [0.25, 0.3) is 0 Å². The molecule has 2 aromatic rings. The second-order valence-corrected chi connectivity index (χ2v) is 7.06. The summed E-state index contributed by atoms with van der Waals surface area (Å²) in [5.74, 6) is 3.76. The molecule has 1 fully saturated rings. The van der Waals surface area contributed by atoms with Crippen molar-refractivity contribution in [2.75, 3.05) is 18.5 Å². The van der Waals surface area contributed by atoms with Gasteiger partial charge >= 0.3 is 0 Å². The number of anilines is 1. The van der Waals surface area contributed by atoms with E-state index in [2.05, 4.69) is 48.5 Å². The number of nitrogens with one attached hydrogen (secondary N) is 1. The zero-order valence-corrected chi connectivity index (χ0v) is 15.2. The summed E-state index contributed by atoms with van der Waals surface area (Å²) >= 11 is 0. The second-order valence-electron chi connectivity index (χ2n) is 7.06. The third-order valence-corrected chi connectivity index (χ3v) is 5.50. The van der Waals surface area contributed by atoms with Gasteiger partial charge in [-0.25, -0.2) is 0 Å². The average Bonchev–Trinajstić information content (AvgIpc) is 2.71. The summed E-state index contributed by atoms with van der Waals surface area (Å²) in [5.41, 5.74) is 5.15.